The zero-order valence-electron chi connectivity index (χ0n) is 5.15. The highest BCUT2D eigenvalue weighted by atomic mass is 14.5. The molecule has 0 bridgehead atoms. The Morgan fingerprint density at radius 1 is 1.75 bits per heavy atom. The van der Waals surface area contributed by atoms with Crippen molar-refractivity contribution in [3.8, 4) is 0 Å². The van der Waals surface area contributed by atoms with E-state index in [9.17, 15) is 0 Å². The molecule has 0 aromatic carbocycles. The van der Waals surface area contributed by atoms with Crippen LogP contribution >= 0.6 is 0 Å². The monoisotopic (exact) mass is 109 g/mol. The number of nitrogens with two attached hydrogens (primary N) is 1. The molecule has 0 saturated carbocycles. The average molecular weight is 109 g/mol. The summed E-state index contributed by atoms with van der Waals surface area (Å²) < 4.78 is 0. The lowest BCUT2D eigenvalue weighted by molar-refractivity contribution is 1.09. The van der Waals surface area contributed by atoms with Crippen LogP contribution in [0.3, 0.4) is 0 Å². The maximum absolute atomic E-state index is 5.39. The fourth-order valence-corrected chi connectivity index (χ4v) is 0.874. The van der Waals surface area contributed by atoms with Gasteiger partial charge in [0.25, 0.3) is 0 Å². The second kappa shape index (κ2) is 2.14. The zero-order chi connectivity index (χ0) is 5.98. The summed E-state index contributed by atoms with van der Waals surface area (Å²) in [5, 5.41) is 0. The van der Waals surface area contributed by atoms with Crippen molar-refractivity contribution in [1.82, 2.24) is 0 Å². The van der Waals surface area contributed by atoms with E-state index >= 15 is 0 Å². The second-order valence-electron chi connectivity index (χ2n) is 2.16. The Hall–Kier alpha value is -0.560. The maximum Gasteiger partial charge on any atom is 0.0143 e. The van der Waals surface area contributed by atoms with E-state index in [2.05, 4.69) is 19.1 Å². The van der Waals surface area contributed by atoms with Gasteiger partial charge in [0, 0.05) is 6.54 Å². The van der Waals surface area contributed by atoms with Gasteiger partial charge in [-0.3, -0.25) is 0 Å². The highest BCUT2D eigenvalue weighted by Crippen LogP contribution is 2.14. The zero-order valence-corrected chi connectivity index (χ0v) is 5.15. The van der Waals surface area contributed by atoms with Crippen molar-refractivity contribution in [2.45, 2.75) is 13.3 Å². The molecular weight excluding hydrogens is 98.1 g/mol. The summed E-state index contributed by atoms with van der Waals surface area (Å²) in [7, 11) is 0. The lowest BCUT2D eigenvalue weighted by atomic mass is 10.2. The topological polar surface area (TPSA) is 26.0 Å². The van der Waals surface area contributed by atoms with Gasteiger partial charge in [0.2, 0.25) is 0 Å². The molecule has 0 aromatic heterocycles. The van der Waals surface area contributed by atoms with Crippen LogP contribution in [-0.2, 0) is 0 Å². The molecule has 1 rings (SSSR count). The van der Waals surface area contributed by atoms with Gasteiger partial charge in [-0.1, -0.05) is 23.3 Å². The molecule has 0 radical (unpaired) electrons. The van der Waals surface area contributed by atoms with E-state index in [1.165, 1.54) is 11.1 Å². The van der Waals surface area contributed by atoms with Crippen molar-refractivity contribution in [3.63, 3.8) is 0 Å². The Kier molecular flexibility index (Phi) is 1.49. The van der Waals surface area contributed by atoms with Gasteiger partial charge in [0.05, 0.1) is 0 Å². The summed E-state index contributed by atoms with van der Waals surface area (Å²) in [4.78, 5) is 0. The minimum atomic E-state index is 0.716. The van der Waals surface area contributed by atoms with Crippen LogP contribution in [-0.4, -0.2) is 6.54 Å². The maximum atomic E-state index is 5.39. The summed E-state index contributed by atoms with van der Waals surface area (Å²) in [6, 6.07) is 0. The molecule has 0 amide bonds. The lowest BCUT2D eigenvalue weighted by Crippen LogP contribution is -1.99. The largest absolute Gasteiger partial charge is 0.327 e. The molecule has 0 aromatic rings. The SMILES string of the molecule is CC1=CCC(CN)=C1. The van der Waals surface area contributed by atoms with E-state index in [1.807, 2.05) is 0 Å². The van der Waals surface area contributed by atoms with Crippen molar-refractivity contribution in [3.05, 3.63) is 23.3 Å². The van der Waals surface area contributed by atoms with Crippen LogP contribution in [0.25, 0.3) is 0 Å². The average Bonchev–Trinajstić information content (AvgIpc) is 2.14. The van der Waals surface area contributed by atoms with Crippen LogP contribution in [0.4, 0.5) is 0 Å². The molecule has 0 heterocycles. The third kappa shape index (κ3) is 0.984. The molecule has 2 N–H and O–H groups in total. The molecule has 1 aliphatic carbocycles. The van der Waals surface area contributed by atoms with E-state index in [4.69, 9.17) is 5.73 Å². The first kappa shape index (κ1) is 5.57. The lowest BCUT2D eigenvalue weighted by Gasteiger charge is -1.89. The number of allylic oxidation sites excluding steroid dienone is 3. The van der Waals surface area contributed by atoms with Gasteiger partial charge in [-0.05, 0) is 13.3 Å². The van der Waals surface area contributed by atoms with E-state index in [0.29, 0.717) is 6.54 Å². The first-order valence-corrected chi connectivity index (χ1v) is 2.89. The molecule has 1 nitrogen and oxygen atoms in total. The van der Waals surface area contributed by atoms with Gasteiger partial charge in [-0.15, -0.1) is 0 Å². The van der Waals surface area contributed by atoms with Crippen LogP contribution in [0.5, 0.6) is 0 Å². The van der Waals surface area contributed by atoms with Crippen molar-refractivity contribution >= 4 is 0 Å². The third-order valence-corrected chi connectivity index (χ3v) is 1.38. The predicted molar refractivity (Wildman–Crippen MR) is 35.5 cm³/mol. The van der Waals surface area contributed by atoms with Gasteiger partial charge in [-0.25, -0.2) is 0 Å². The van der Waals surface area contributed by atoms with Gasteiger partial charge >= 0.3 is 0 Å². The fourth-order valence-electron chi connectivity index (χ4n) is 0.874. The molecule has 1 heteroatoms. The summed E-state index contributed by atoms with van der Waals surface area (Å²) >= 11 is 0. The predicted octanol–water partition coefficient (Wildman–Crippen LogP) is 1.22. The minimum Gasteiger partial charge on any atom is -0.327 e. The van der Waals surface area contributed by atoms with Gasteiger partial charge in [-0.2, -0.15) is 0 Å². The molecule has 1 aliphatic rings. The van der Waals surface area contributed by atoms with Crippen molar-refractivity contribution in [2.24, 2.45) is 5.73 Å². The summed E-state index contributed by atoms with van der Waals surface area (Å²) in [5.41, 5.74) is 8.10. The van der Waals surface area contributed by atoms with Crippen LogP contribution in [0.15, 0.2) is 23.3 Å². The smallest absolute Gasteiger partial charge is 0.0143 e. The van der Waals surface area contributed by atoms with Crippen LogP contribution in [0, 0.1) is 0 Å². The van der Waals surface area contributed by atoms with Gasteiger partial charge < -0.3 is 5.73 Å². The van der Waals surface area contributed by atoms with Crippen LogP contribution < -0.4 is 5.73 Å². The normalized spacial score (nSPS) is 18.2. The Morgan fingerprint density at radius 2 is 2.50 bits per heavy atom. The summed E-state index contributed by atoms with van der Waals surface area (Å²) in [6.07, 6.45) is 5.42. The van der Waals surface area contributed by atoms with Crippen molar-refractivity contribution in [1.29, 1.82) is 0 Å². The van der Waals surface area contributed by atoms with Crippen LogP contribution in [0.1, 0.15) is 13.3 Å². The molecule has 0 atom stereocenters. The molecule has 0 unspecified atom stereocenters. The van der Waals surface area contributed by atoms with Gasteiger partial charge in [0.15, 0.2) is 0 Å². The summed E-state index contributed by atoms with van der Waals surface area (Å²) in [5.74, 6) is 0. The fraction of sp³-hybridized carbons (Fsp3) is 0.429. The number of rotatable bonds is 1. The summed E-state index contributed by atoms with van der Waals surface area (Å²) in [6.45, 7) is 2.82. The van der Waals surface area contributed by atoms with Crippen molar-refractivity contribution in [2.75, 3.05) is 6.54 Å². The molecule has 0 aliphatic heterocycles. The molecule has 0 saturated heterocycles. The molecule has 0 spiro atoms. The third-order valence-electron chi connectivity index (χ3n) is 1.38. The van der Waals surface area contributed by atoms with E-state index in [-0.39, 0.29) is 0 Å². The first-order valence-electron chi connectivity index (χ1n) is 2.89. The second-order valence-corrected chi connectivity index (χ2v) is 2.16. The standard InChI is InChI=1S/C7H11N/c1-6-2-3-7(4-6)5-8/h2,4H,3,5,8H2,1H3. The van der Waals surface area contributed by atoms with Crippen LogP contribution in [0.2, 0.25) is 0 Å². The Bertz CT molecular complexity index is 142. The first-order chi connectivity index (χ1) is 3.83. The molecule has 0 fully saturated rings. The Labute approximate surface area is 49.9 Å². The minimum absolute atomic E-state index is 0.716. The van der Waals surface area contributed by atoms with E-state index < -0.39 is 0 Å². The van der Waals surface area contributed by atoms with E-state index in [0.717, 1.165) is 6.42 Å². The van der Waals surface area contributed by atoms with E-state index in [1.54, 1.807) is 0 Å². The molecule has 8 heavy (non-hydrogen) atoms. The molecule has 44 valence electrons. The highest BCUT2D eigenvalue weighted by molar-refractivity contribution is 5.31. The molecular formula is C7H11N. The quantitative estimate of drug-likeness (QED) is 0.538. The van der Waals surface area contributed by atoms with Crippen molar-refractivity contribution < 1.29 is 0 Å². The Morgan fingerprint density at radius 3 is 2.75 bits per heavy atom. The highest BCUT2D eigenvalue weighted by Gasteiger charge is 1.98. The Balaban J connectivity index is 2.56. The number of hydrogen-bond acceptors (Lipinski definition) is 1. The van der Waals surface area contributed by atoms with Gasteiger partial charge in [0.1, 0.15) is 0 Å². The number of hydrogen-bond donors (Lipinski definition) is 1.